The zero-order valence-electron chi connectivity index (χ0n) is 14.2. The predicted octanol–water partition coefficient (Wildman–Crippen LogP) is 1.86. The highest BCUT2D eigenvalue weighted by Crippen LogP contribution is 2.10. The number of hydrogen-bond donors (Lipinski definition) is 1. The highest BCUT2D eigenvalue weighted by molar-refractivity contribution is 5.91. The molecule has 0 bridgehead atoms. The van der Waals surface area contributed by atoms with E-state index in [1.54, 1.807) is 4.40 Å². The SMILES string of the molecule is Cc1cc(C)n2c(C(=O)NCc3cc(CC(C)C)no3)nnc2n1. The van der Waals surface area contributed by atoms with Crippen molar-refractivity contribution in [3.63, 3.8) is 0 Å². The van der Waals surface area contributed by atoms with Crippen LogP contribution in [0.15, 0.2) is 16.7 Å². The van der Waals surface area contributed by atoms with E-state index >= 15 is 0 Å². The van der Waals surface area contributed by atoms with Crippen molar-refractivity contribution in [2.24, 2.45) is 5.92 Å². The molecule has 3 rings (SSSR count). The van der Waals surface area contributed by atoms with Crippen LogP contribution in [0.3, 0.4) is 0 Å². The van der Waals surface area contributed by atoms with Crippen LogP contribution in [0.5, 0.6) is 0 Å². The quantitative estimate of drug-likeness (QED) is 0.767. The van der Waals surface area contributed by atoms with E-state index < -0.39 is 0 Å². The number of rotatable bonds is 5. The third-order valence-corrected chi connectivity index (χ3v) is 3.54. The smallest absolute Gasteiger partial charge is 0.290 e. The Bertz CT molecular complexity index is 880. The molecule has 0 radical (unpaired) electrons. The molecule has 0 atom stereocenters. The number of fused-ring (bicyclic) bond motifs is 1. The van der Waals surface area contributed by atoms with Crippen molar-refractivity contribution in [2.75, 3.05) is 0 Å². The van der Waals surface area contributed by atoms with E-state index in [2.05, 4.69) is 39.5 Å². The monoisotopic (exact) mass is 328 g/mol. The average Bonchev–Trinajstić information content (AvgIpc) is 3.11. The minimum absolute atomic E-state index is 0.205. The Kier molecular flexibility index (Phi) is 4.28. The molecule has 0 aromatic carbocycles. The third kappa shape index (κ3) is 3.27. The topological polar surface area (TPSA) is 98.2 Å². The van der Waals surface area contributed by atoms with Crippen LogP contribution in [0, 0.1) is 19.8 Å². The van der Waals surface area contributed by atoms with Gasteiger partial charge in [-0.2, -0.15) is 0 Å². The Morgan fingerprint density at radius 2 is 2.08 bits per heavy atom. The fraction of sp³-hybridized carbons (Fsp3) is 0.438. The van der Waals surface area contributed by atoms with E-state index in [0.717, 1.165) is 23.5 Å². The molecule has 0 fully saturated rings. The maximum absolute atomic E-state index is 12.4. The van der Waals surface area contributed by atoms with Crippen LogP contribution < -0.4 is 5.32 Å². The molecule has 0 aliphatic rings. The van der Waals surface area contributed by atoms with Gasteiger partial charge in [0.05, 0.1) is 12.2 Å². The number of carbonyl (C=O) groups is 1. The summed E-state index contributed by atoms with van der Waals surface area (Å²) in [5, 5.41) is 14.7. The number of aromatic nitrogens is 5. The second-order valence-corrected chi connectivity index (χ2v) is 6.26. The maximum Gasteiger partial charge on any atom is 0.290 e. The molecule has 8 nitrogen and oxygen atoms in total. The Morgan fingerprint density at radius 1 is 1.29 bits per heavy atom. The van der Waals surface area contributed by atoms with Crippen LogP contribution in [-0.2, 0) is 13.0 Å². The summed E-state index contributed by atoms with van der Waals surface area (Å²) in [4.78, 5) is 16.7. The zero-order valence-corrected chi connectivity index (χ0v) is 14.2. The van der Waals surface area contributed by atoms with E-state index in [1.807, 2.05) is 26.0 Å². The van der Waals surface area contributed by atoms with Crippen molar-refractivity contribution < 1.29 is 9.32 Å². The molecule has 126 valence electrons. The van der Waals surface area contributed by atoms with Gasteiger partial charge >= 0.3 is 0 Å². The van der Waals surface area contributed by atoms with Gasteiger partial charge in [0.15, 0.2) is 5.76 Å². The van der Waals surface area contributed by atoms with E-state index in [4.69, 9.17) is 4.52 Å². The summed E-state index contributed by atoms with van der Waals surface area (Å²) < 4.78 is 6.87. The first-order chi connectivity index (χ1) is 11.4. The number of carbonyl (C=O) groups excluding carboxylic acids is 1. The predicted molar refractivity (Wildman–Crippen MR) is 86.5 cm³/mol. The summed E-state index contributed by atoms with van der Waals surface area (Å²) in [7, 11) is 0. The Morgan fingerprint density at radius 3 is 2.83 bits per heavy atom. The minimum atomic E-state index is -0.335. The van der Waals surface area contributed by atoms with Gasteiger partial charge < -0.3 is 9.84 Å². The van der Waals surface area contributed by atoms with Gasteiger partial charge in [0.2, 0.25) is 5.82 Å². The van der Waals surface area contributed by atoms with Crippen LogP contribution in [0.2, 0.25) is 0 Å². The fourth-order valence-corrected chi connectivity index (χ4v) is 2.58. The van der Waals surface area contributed by atoms with Gasteiger partial charge in [-0.25, -0.2) is 4.98 Å². The van der Waals surface area contributed by atoms with Gasteiger partial charge in [-0.15, -0.1) is 10.2 Å². The average molecular weight is 328 g/mol. The highest BCUT2D eigenvalue weighted by Gasteiger charge is 2.17. The largest absolute Gasteiger partial charge is 0.359 e. The molecule has 8 heteroatoms. The van der Waals surface area contributed by atoms with Gasteiger partial charge in [-0.3, -0.25) is 9.20 Å². The summed E-state index contributed by atoms with van der Waals surface area (Å²) in [5.41, 5.74) is 2.57. The molecule has 1 N–H and O–H groups in total. The Balaban J connectivity index is 1.73. The third-order valence-electron chi connectivity index (χ3n) is 3.54. The van der Waals surface area contributed by atoms with Crippen LogP contribution >= 0.6 is 0 Å². The van der Waals surface area contributed by atoms with Gasteiger partial charge in [0.1, 0.15) is 0 Å². The van der Waals surface area contributed by atoms with Crippen LogP contribution in [-0.4, -0.2) is 30.6 Å². The van der Waals surface area contributed by atoms with Crippen LogP contribution in [0.25, 0.3) is 5.78 Å². The van der Waals surface area contributed by atoms with Gasteiger partial charge in [-0.1, -0.05) is 19.0 Å². The van der Waals surface area contributed by atoms with Crippen molar-refractivity contribution in [3.8, 4) is 0 Å². The second-order valence-electron chi connectivity index (χ2n) is 6.26. The number of aryl methyl sites for hydroxylation is 2. The lowest BCUT2D eigenvalue weighted by molar-refractivity contribution is 0.0935. The highest BCUT2D eigenvalue weighted by atomic mass is 16.5. The molecule has 3 heterocycles. The van der Waals surface area contributed by atoms with Gasteiger partial charge in [-0.05, 0) is 32.3 Å². The number of hydrogen-bond acceptors (Lipinski definition) is 6. The Hall–Kier alpha value is -2.77. The molecule has 0 aliphatic carbocycles. The minimum Gasteiger partial charge on any atom is -0.359 e. The molecule has 0 spiro atoms. The Labute approximate surface area is 139 Å². The van der Waals surface area contributed by atoms with Crippen LogP contribution in [0.4, 0.5) is 0 Å². The molecule has 24 heavy (non-hydrogen) atoms. The molecule has 3 aromatic heterocycles. The maximum atomic E-state index is 12.4. The first-order valence-corrected chi connectivity index (χ1v) is 7.86. The number of nitrogens with zero attached hydrogens (tertiary/aromatic N) is 5. The molecular weight excluding hydrogens is 308 g/mol. The molecule has 0 saturated carbocycles. The molecular formula is C16H20N6O2. The van der Waals surface area contributed by atoms with E-state index in [9.17, 15) is 4.79 Å². The second kappa shape index (κ2) is 6.38. The summed E-state index contributed by atoms with van der Waals surface area (Å²) in [6.45, 7) is 8.24. The van der Waals surface area contributed by atoms with Crippen molar-refractivity contribution in [1.82, 2.24) is 30.1 Å². The normalized spacial score (nSPS) is 11.4. The first kappa shape index (κ1) is 16.1. The summed E-state index contributed by atoms with van der Waals surface area (Å²) in [6, 6.07) is 3.74. The van der Waals surface area contributed by atoms with Crippen molar-refractivity contribution in [2.45, 2.75) is 40.7 Å². The van der Waals surface area contributed by atoms with Gasteiger partial charge in [0.25, 0.3) is 11.7 Å². The number of nitrogens with one attached hydrogen (secondary N) is 1. The summed E-state index contributed by atoms with van der Waals surface area (Å²) in [6.07, 6.45) is 0.844. The lowest BCUT2D eigenvalue weighted by Gasteiger charge is -2.04. The standard InChI is InChI=1S/C16H20N6O2/c1-9(2)5-12-7-13(24-21-12)8-17-15(23)14-19-20-16-18-10(3)6-11(4)22(14)16/h6-7,9H,5,8H2,1-4H3,(H,17,23). The first-order valence-electron chi connectivity index (χ1n) is 7.86. The van der Waals surface area contributed by atoms with E-state index in [0.29, 0.717) is 17.5 Å². The fourth-order valence-electron chi connectivity index (χ4n) is 2.58. The van der Waals surface area contributed by atoms with E-state index in [1.165, 1.54) is 0 Å². The van der Waals surface area contributed by atoms with Crippen molar-refractivity contribution in [1.29, 1.82) is 0 Å². The molecule has 0 aliphatic heterocycles. The van der Waals surface area contributed by atoms with Crippen LogP contribution in [0.1, 0.15) is 47.3 Å². The van der Waals surface area contributed by atoms with E-state index in [-0.39, 0.29) is 18.3 Å². The molecule has 3 aromatic rings. The lowest BCUT2D eigenvalue weighted by Crippen LogP contribution is -2.25. The molecule has 0 saturated heterocycles. The van der Waals surface area contributed by atoms with Gasteiger partial charge in [0, 0.05) is 17.5 Å². The molecule has 0 unspecified atom stereocenters. The van der Waals surface area contributed by atoms with Crippen molar-refractivity contribution >= 4 is 11.7 Å². The lowest BCUT2D eigenvalue weighted by atomic mass is 10.1. The zero-order chi connectivity index (χ0) is 17.3. The number of amides is 1. The summed E-state index contributed by atoms with van der Waals surface area (Å²) in [5.74, 6) is 1.39. The summed E-state index contributed by atoms with van der Waals surface area (Å²) >= 11 is 0. The van der Waals surface area contributed by atoms with Crippen molar-refractivity contribution in [3.05, 3.63) is 40.8 Å². The molecule has 1 amide bonds.